The van der Waals surface area contributed by atoms with Gasteiger partial charge in [0.2, 0.25) is 6.29 Å². The van der Waals surface area contributed by atoms with Crippen molar-refractivity contribution < 1.29 is 32.9 Å². The van der Waals surface area contributed by atoms with E-state index in [9.17, 15) is 9.59 Å². The fraction of sp³-hybridized carbons (Fsp3) is 0.525. The number of nitrogens with one attached hydrogen (secondary N) is 1. The average molecular weight is 742 g/mol. The summed E-state index contributed by atoms with van der Waals surface area (Å²) in [5, 5.41) is 5.12. The molecule has 286 valence electrons. The van der Waals surface area contributed by atoms with E-state index in [1.54, 1.807) is 33.3 Å². The van der Waals surface area contributed by atoms with Crippen LogP contribution >= 0.6 is 0 Å². The zero-order valence-corrected chi connectivity index (χ0v) is 31.5. The average Bonchev–Trinajstić information content (AvgIpc) is 3.72. The molecule has 6 bridgehead atoms. The minimum Gasteiger partial charge on any atom is -0.461 e. The van der Waals surface area contributed by atoms with Crippen LogP contribution in [-0.2, 0) is 15.9 Å². The maximum Gasteiger partial charge on any atom is 0.412 e. The molecule has 54 heavy (non-hydrogen) atoms. The number of ether oxygens (including phenoxy) is 4. The predicted molar refractivity (Wildman–Crippen MR) is 201 cm³/mol. The van der Waals surface area contributed by atoms with Gasteiger partial charge in [0.05, 0.1) is 23.1 Å². The minimum absolute atomic E-state index is 0.0611. The lowest BCUT2D eigenvalue weighted by Gasteiger charge is -2.41. The van der Waals surface area contributed by atoms with E-state index in [0.29, 0.717) is 55.1 Å². The summed E-state index contributed by atoms with van der Waals surface area (Å²) in [5.74, 6) is 0.270. The van der Waals surface area contributed by atoms with Gasteiger partial charge in [0.15, 0.2) is 5.82 Å². The monoisotopic (exact) mass is 741 g/mol. The van der Waals surface area contributed by atoms with E-state index in [1.165, 1.54) is 4.90 Å². The van der Waals surface area contributed by atoms with Crippen molar-refractivity contribution in [3.63, 3.8) is 0 Å². The lowest BCUT2D eigenvalue weighted by atomic mass is 9.91. The molecule has 0 radical (unpaired) electrons. The normalized spacial score (nSPS) is 21.7. The molecule has 0 saturated carbocycles. The van der Waals surface area contributed by atoms with Crippen molar-refractivity contribution >= 4 is 39.7 Å². The zero-order chi connectivity index (χ0) is 37.6. The van der Waals surface area contributed by atoms with Crippen LogP contribution < -0.4 is 19.7 Å². The van der Waals surface area contributed by atoms with Gasteiger partial charge in [-0.2, -0.15) is 9.97 Å². The van der Waals surface area contributed by atoms with Crippen molar-refractivity contribution in [2.45, 2.75) is 82.6 Å². The molecule has 3 fully saturated rings. The Bertz CT molecular complexity index is 2090. The molecule has 0 spiro atoms. The standard InChI is InChI=1S/C40H48FN7O6/c1-25(54-38(50)46(3)4)53-28-20-27-11-5-10-26-12-6-19-51-37(49)45-39(2)13-7-16-47(23-39)35-30-22-42-33(29(21-28)31(26)27)32(41)34(30)43-36(44-35)52-24-40-14-8-17-48(40)18-9-15-40/h5,10-11,20-22,25H,6-9,12-19,23-24H2,1-4H3,(H,45,49). The highest BCUT2D eigenvalue weighted by molar-refractivity contribution is 6.01. The maximum absolute atomic E-state index is 17.5. The molecule has 2 unspecified atom stereocenters. The quantitative estimate of drug-likeness (QED) is 0.219. The number of rotatable bonds is 6. The summed E-state index contributed by atoms with van der Waals surface area (Å²) >= 11 is 0. The molecular formula is C40H48FN7O6. The molecule has 3 saturated heterocycles. The highest BCUT2D eigenvalue weighted by atomic mass is 19.1. The second kappa shape index (κ2) is 14.3. The van der Waals surface area contributed by atoms with Gasteiger partial charge in [-0.25, -0.2) is 14.0 Å². The molecule has 5 aliphatic rings. The number of carbonyl (C=O) groups excluding carboxylic acids is 2. The lowest BCUT2D eigenvalue weighted by molar-refractivity contribution is -0.0287. The SMILES string of the molecule is CC(OC(=O)N(C)C)Oc1cc2c3c(cccc3c1)CCCOC(=O)NC1(C)CCCN(C1)c1nc(OCC34CCCN3CCC4)nc3c(F)c-2ncc13. The molecule has 2 aromatic heterocycles. The first-order chi connectivity index (χ1) is 26.0. The van der Waals surface area contributed by atoms with E-state index in [0.717, 1.165) is 68.0 Å². The van der Waals surface area contributed by atoms with Gasteiger partial charge in [0, 0.05) is 45.9 Å². The summed E-state index contributed by atoms with van der Waals surface area (Å²) in [6.45, 7) is 7.42. The Hall–Kier alpha value is -4.98. The Kier molecular flexibility index (Phi) is 9.57. The number of anilines is 1. The van der Waals surface area contributed by atoms with Gasteiger partial charge in [-0.1, -0.05) is 18.2 Å². The Morgan fingerprint density at radius 3 is 2.69 bits per heavy atom. The largest absolute Gasteiger partial charge is 0.461 e. The van der Waals surface area contributed by atoms with Gasteiger partial charge >= 0.3 is 18.2 Å². The van der Waals surface area contributed by atoms with Crippen molar-refractivity contribution in [3.05, 3.63) is 47.9 Å². The number of amides is 2. The molecule has 9 rings (SSSR count). The van der Waals surface area contributed by atoms with Crippen LogP contribution in [0.3, 0.4) is 0 Å². The molecule has 1 N–H and O–H groups in total. The third-order valence-electron chi connectivity index (χ3n) is 11.4. The van der Waals surface area contributed by atoms with Gasteiger partial charge in [0.1, 0.15) is 29.4 Å². The summed E-state index contributed by atoms with van der Waals surface area (Å²) in [7, 11) is 3.18. The van der Waals surface area contributed by atoms with E-state index in [-0.39, 0.29) is 29.4 Å². The Labute approximate surface area is 314 Å². The number of aryl methyl sites for hydroxylation is 1. The third-order valence-corrected chi connectivity index (χ3v) is 11.4. The predicted octanol–water partition coefficient (Wildman–Crippen LogP) is 6.45. The van der Waals surface area contributed by atoms with Crippen LogP contribution in [0.1, 0.15) is 64.4 Å². The molecular weight excluding hydrogens is 693 g/mol. The molecule has 2 atom stereocenters. The van der Waals surface area contributed by atoms with Crippen LogP contribution in [-0.4, -0.2) is 108 Å². The van der Waals surface area contributed by atoms with E-state index < -0.39 is 29.8 Å². The first-order valence-electron chi connectivity index (χ1n) is 19.1. The molecule has 0 aliphatic carbocycles. The zero-order valence-electron chi connectivity index (χ0n) is 31.5. The molecule has 2 aromatic carbocycles. The van der Waals surface area contributed by atoms with Crippen LogP contribution in [0.4, 0.5) is 19.8 Å². The topological polar surface area (TPSA) is 131 Å². The van der Waals surface area contributed by atoms with Crippen LogP contribution in [0.2, 0.25) is 0 Å². The minimum atomic E-state index is -0.930. The highest BCUT2D eigenvalue weighted by Gasteiger charge is 2.45. The summed E-state index contributed by atoms with van der Waals surface area (Å²) in [6, 6.07) is 9.51. The van der Waals surface area contributed by atoms with Crippen LogP contribution in [0.25, 0.3) is 32.9 Å². The second-order valence-corrected chi connectivity index (χ2v) is 15.6. The van der Waals surface area contributed by atoms with Crippen molar-refractivity contribution in [1.82, 2.24) is 30.1 Å². The third kappa shape index (κ3) is 6.91. The number of aromatic nitrogens is 3. The molecule has 2 amide bonds. The number of alkyl carbamates (subject to hydrolysis) is 1. The second-order valence-electron chi connectivity index (χ2n) is 15.6. The van der Waals surface area contributed by atoms with E-state index >= 15 is 4.39 Å². The molecule has 7 heterocycles. The lowest BCUT2D eigenvalue weighted by Crippen LogP contribution is -2.57. The van der Waals surface area contributed by atoms with Crippen LogP contribution in [0, 0.1) is 5.82 Å². The van der Waals surface area contributed by atoms with Crippen LogP contribution in [0.15, 0.2) is 36.5 Å². The van der Waals surface area contributed by atoms with Crippen molar-refractivity contribution in [1.29, 1.82) is 0 Å². The fourth-order valence-electron chi connectivity index (χ4n) is 8.81. The highest BCUT2D eigenvalue weighted by Crippen LogP contribution is 2.42. The number of fused-ring (bicyclic) bond motifs is 7. The molecule has 4 aromatic rings. The van der Waals surface area contributed by atoms with Crippen molar-refractivity contribution in [2.75, 3.05) is 58.4 Å². The number of hydrogen-bond donors (Lipinski definition) is 1. The van der Waals surface area contributed by atoms with Crippen LogP contribution in [0.5, 0.6) is 11.8 Å². The Morgan fingerprint density at radius 1 is 1.09 bits per heavy atom. The maximum atomic E-state index is 17.5. The van der Waals surface area contributed by atoms with E-state index in [4.69, 9.17) is 33.9 Å². The van der Waals surface area contributed by atoms with Gasteiger partial charge in [-0.3, -0.25) is 9.88 Å². The van der Waals surface area contributed by atoms with Crippen molar-refractivity contribution in [2.24, 2.45) is 0 Å². The first kappa shape index (κ1) is 36.0. The fourth-order valence-corrected chi connectivity index (χ4v) is 8.81. The number of carbonyl (C=O) groups is 2. The molecule has 5 aliphatic heterocycles. The summed E-state index contributed by atoms with van der Waals surface area (Å²) < 4.78 is 41.1. The smallest absolute Gasteiger partial charge is 0.412 e. The number of halogens is 1. The van der Waals surface area contributed by atoms with Gasteiger partial charge in [-0.15, -0.1) is 0 Å². The van der Waals surface area contributed by atoms with Gasteiger partial charge in [-0.05, 0) is 99.8 Å². The van der Waals surface area contributed by atoms with Gasteiger partial charge < -0.3 is 34.1 Å². The molecule has 13 nitrogen and oxygen atoms in total. The van der Waals surface area contributed by atoms with Crippen molar-refractivity contribution in [3.8, 4) is 23.0 Å². The van der Waals surface area contributed by atoms with E-state index in [1.807, 2.05) is 31.2 Å². The molecule has 14 heteroatoms. The number of piperidine rings is 1. The number of hydrogen-bond acceptors (Lipinski definition) is 11. The Balaban J connectivity index is 1.28. The number of pyridine rings is 1. The summed E-state index contributed by atoms with van der Waals surface area (Å²) in [4.78, 5) is 45.8. The summed E-state index contributed by atoms with van der Waals surface area (Å²) in [5.41, 5.74) is 0.934. The van der Waals surface area contributed by atoms with E-state index in [2.05, 4.69) is 15.1 Å². The summed E-state index contributed by atoms with van der Waals surface area (Å²) in [6.07, 6.45) is 6.62. The van der Waals surface area contributed by atoms with Gasteiger partial charge in [0.25, 0.3) is 0 Å². The Morgan fingerprint density at radius 2 is 1.89 bits per heavy atom. The first-order valence-corrected chi connectivity index (χ1v) is 19.1. The number of benzene rings is 2. The number of nitrogens with zero attached hydrogens (tertiary/aromatic N) is 6.